The Bertz CT molecular complexity index is 725. The first-order valence-electron chi connectivity index (χ1n) is 6.85. The molecule has 0 spiro atoms. The average Bonchev–Trinajstić information content (AvgIpc) is 2.87. The van der Waals surface area contributed by atoms with E-state index in [0.29, 0.717) is 12.1 Å². The van der Waals surface area contributed by atoms with Crippen LogP contribution in [0.5, 0.6) is 0 Å². The summed E-state index contributed by atoms with van der Waals surface area (Å²) in [6.07, 6.45) is 2.60. The topological polar surface area (TPSA) is 74.9 Å². The Morgan fingerprint density at radius 2 is 2.14 bits per heavy atom. The number of benzene rings is 1. The SMILES string of the molecule is CCCNC(=O)[C@H](C#N)C(=O)c1cccc2c1ccn2C. The Balaban J connectivity index is 2.37. The van der Waals surface area contributed by atoms with E-state index in [-0.39, 0.29) is 0 Å². The maximum atomic E-state index is 12.5. The van der Waals surface area contributed by atoms with Crippen molar-refractivity contribution in [2.75, 3.05) is 6.54 Å². The molecule has 0 aliphatic rings. The van der Waals surface area contributed by atoms with Gasteiger partial charge in [0.05, 0.1) is 6.07 Å². The summed E-state index contributed by atoms with van der Waals surface area (Å²) in [5, 5.41) is 12.5. The second-order valence-electron chi connectivity index (χ2n) is 4.88. The Morgan fingerprint density at radius 3 is 2.81 bits per heavy atom. The largest absolute Gasteiger partial charge is 0.355 e. The molecule has 5 nitrogen and oxygen atoms in total. The number of aryl methyl sites for hydroxylation is 1. The van der Waals surface area contributed by atoms with Crippen molar-refractivity contribution < 1.29 is 9.59 Å². The molecule has 21 heavy (non-hydrogen) atoms. The second kappa shape index (κ2) is 6.23. The van der Waals surface area contributed by atoms with E-state index in [9.17, 15) is 9.59 Å². The summed E-state index contributed by atoms with van der Waals surface area (Å²) in [5.74, 6) is -2.29. The number of nitriles is 1. The van der Waals surface area contributed by atoms with Crippen molar-refractivity contribution in [2.24, 2.45) is 13.0 Å². The molecule has 1 amide bonds. The number of carbonyl (C=O) groups is 2. The zero-order valence-corrected chi connectivity index (χ0v) is 12.1. The van der Waals surface area contributed by atoms with Crippen LogP contribution in [-0.4, -0.2) is 22.8 Å². The Kier molecular flexibility index (Phi) is 4.39. The predicted molar refractivity (Wildman–Crippen MR) is 79.7 cm³/mol. The molecule has 2 rings (SSSR count). The van der Waals surface area contributed by atoms with Gasteiger partial charge in [-0.05, 0) is 18.6 Å². The summed E-state index contributed by atoms with van der Waals surface area (Å²) in [7, 11) is 1.88. The monoisotopic (exact) mass is 283 g/mol. The first-order valence-corrected chi connectivity index (χ1v) is 6.85. The average molecular weight is 283 g/mol. The normalized spacial score (nSPS) is 11.9. The van der Waals surface area contributed by atoms with Gasteiger partial charge in [0.2, 0.25) is 5.91 Å². The molecule has 5 heteroatoms. The summed E-state index contributed by atoms with van der Waals surface area (Å²) < 4.78 is 1.89. The molecule has 0 saturated heterocycles. The first-order chi connectivity index (χ1) is 10.1. The third-order valence-electron chi connectivity index (χ3n) is 3.40. The van der Waals surface area contributed by atoms with Gasteiger partial charge in [-0.1, -0.05) is 19.1 Å². The highest BCUT2D eigenvalue weighted by Crippen LogP contribution is 2.22. The highest BCUT2D eigenvalue weighted by atomic mass is 16.2. The van der Waals surface area contributed by atoms with Crippen molar-refractivity contribution in [3.63, 3.8) is 0 Å². The van der Waals surface area contributed by atoms with Crippen LogP contribution in [0.1, 0.15) is 23.7 Å². The number of nitrogens with zero attached hydrogens (tertiary/aromatic N) is 2. The predicted octanol–water partition coefficient (Wildman–Crippen LogP) is 2.03. The van der Waals surface area contributed by atoms with E-state index in [1.54, 1.807) is 12.1 Å². The van der Waals surface area contributed by atoms with Gasteiger partial charge in [0, 0.05) is 36.3 Å². The molecule has 2 aromatic rings. The van der Waals surface area contributed by atoms with Crippen molar-refractivity contribution in [3.05, 3.63) is 36.0 Å². The van der Waals surface area contributed by atoms with Crippen LogP contribution in [-0.2, 0) is 11.8 Å². The Hall–Kier alpha value is -2.61. The molecule has 1 N–H and O–H groups in total. The van der Waals surface area contributed by atoms with Gasteiger partial charge in [-0.25, -0.2) is 0 Å². The lowest BCUT2D eigenvalue weighted by Crippen LogP contribution is -2.35. The number of hydrogen-bond acceptors (Lipinski definition) is 3. The Morgan fingerprint density at radius 1 is 1.38 bits per heavy atom. The van der Waals surface area contributed by atoms with E-state index in [1.165, 1.54) is 0 Å². The number of ketones is 1. The minimum absolute atomic E-state index is 0.409. The fraction of sp³-hybridized carbons (Fsp3) is 0.312. The van der Waals surface area contributed by atoms with Crippen molar-refractivity contribution in [1.29, 1.82) is 5.26 Å². The highest BCUT2D eigenvalue weighted by molar-refractivity contribution is 6.17. The molecule has 0 saturated carbocycles. The van der Waals surface area contributed by atoms with Gasteiger partial charge in [-0.15, -0.1) is 0 Å². The van der Waals surface area contributed by atoms with E-state index >= 15 is 0 Å². The fourth-order valence-electron chi connectivity index (χ4n) is 2.26. The van der Waals surface area contributed by atoms with Gasteiger partial charge in [-0.3, -0.25) is 9.59 Å². The number of amides is 1. The molecule has 0 bridgehead atoms. The molecular formula is C16H17N3O2. The van der Waals surface area contributed by atoms with E-state index in [0.717, 1.165) is 17.3 Å². The van der Waals surface area contributed by atoms with Gasteiger partial charge < -0.3 is 9.88 Å². The van der Waals surface area contributed by atoms with Crippen LogP contribution in [0.4, 0.5) is 0 Å². The van der Waals surface area contributed by atoms with Crippen LogP contribution >= 0.6 is 0 Å². The van der Waals surface area contributed by atoms with Crippen LogP contribution < -0.4 is 5.32 Å². The lowest BCUT2D eigenvalue weighted by atomic mass is 9.95. The minimum Gasteiger partial charge on any atom is -0.355 e. The summed E-state index contributed by atoms with van der Waals surface area (Å²) in [6, 6.07) is 8.94. The number of Topliss-reactive ketones (excluding diaryl/α,β-unsaturated/α-hetero) is 1. The molecule has 1 heterocycles. The third kappa shape index (κ3) is 2.79. The molecule has 108 valence electrons. The number of nitrogens with one attached hydrogen (secondary N) is 1. The standard InChI is InChI=1S/C16H17N3O2/c1-3-8-18-16(21)13(10-17)15(20)12-5-4-6-14-11(12)7-9-19(14)2/h4-7,9,13H,3,8H2,1-2H3,(H,18,21)/t13-/m1/s1. The van der Waals surface area contributed by atoms with Gasteiger partial charge in [0.1, 0.15) is 0 Å². The summed E-state index contributed by atoms with van der Waals surface area (Å²) in [4.78, 5) is 24.4. The van der Waals surface area contributed by atoms with Crippen molar-refractivity contribution >= 4 is 22.6 Å². The minimum atomic E-state index is -1.30. The molecular weight excluding hydrogens is 266 g/mol. The lowest BCUT2D eigenvalue weighted by Gasteiger charge is -2.10. The fourth-order valence-corrected chi connectivity index (χ4v) is 2.26. The number of aromatic nitrogens is 1. The van der Waals surface area contributed by atoms with Crippen LogP contribution in [0.15, 0.2) is 30.5 Å². The molecule has 0 radical (unpaired) electrons. The van der Waals surface area contributed by atoms with Gasteiger partial charge in [0.25, 0.3) is 0 Å². The molecule has 0 aliphatic heterocycles. The lowest BCUT2D eigenvalue weighted by molar-refractivity contribution is -0.122. The number of rotatable bonds is 5. The van der Waals surface area contributed by atoms with E-state index < -0.39 is 17.6 Å². The molecule has 1 aromatic carbocycles. The van der Waals surface area contributed by atoms with Crippen LogP contribution in [0, 0.1) is 17.2 Å². The number of fused-ring (bicyclic) bond motifs is 1. The zero-order valence-electron chi connectivity index (χ0n) is 12.1. The smallest absolute Gasteiger partial charge is 0.245 e. The van der Waals surface area contributed by atoms with Gasteiger partial charge >= 0.3 is 0 Å². The molecule has 0 aliphatic carbocycles. The van der Waals surface area contributed by atoms with Crippen molar-refractivity contribution in [1.82, 2.24) is 9.88 Å². The van der Waals surface area contributed by atoms with Gasteiger partial charge in [-0.2, -0.15) is 5.26 Å². The second-order valence-corrected chi connectivity index (χ2v) is 4.88. The summed E-state index contributed by atoms with van der Waals surface area (Å²) in [5.41, 5.74) is 1.30. The number of hydrogen-bond donors (Lipinski definition) is 1. The van der Waals surface area contributed by atoms with E-state index in [2.05, 4.69) is 5.32 Å². The van der Waals surface area contributed by atoms with Gasteiger partial charge in [0.15, 0.2) is 11.7 Å². The number of carbonyl (C=O) groups excluding carboxylic acids is 2. The van der Waals surface area contributed by atoms with Crippen LogP contribution in [0.25, 0.3) is 10.9 Å². The molecule has 0 fully saturated rings. The quantitative estimate of drug-likeness (QED) is 0.674. The summed E-state index contributed by atoms with van der Waals surface area (Å²) in [6.45, 7) is 2.37. The first kappa shape index (κ1) is 14.8. The maximum absolute atomic E-state index is 12.5. The Labute approximate surface area is 123 Å². The molecule has 1 atom stereocenters. The summed E-state index contributed by atoms with van der Waals surface area (Å²) >= 11 is 0. The van der Waals surface area contributed by atoms with E-state index in [4.69, 9.17) is 5.26 Å². The molecule has 1 aromatic heterocycles. The zero-order chi connectivity index (χ0) is 15.4. The van der Waals surface area contributed by atoms with Crippen molar-refractivity contribution in [3.8, 4) is 6.07 Å². The van der Waals surface area contributed by atoms with Crippen LogP contribution in [0.3, 0.4) is 0 Å². The third-order valence-corrected chi connectivity index (χ3v) is 3.40. The maximum Gasteiger partial charge on any atom is 0.245 e. The van der Waals surface area contributed by atoms with Crippen molar-refractivity contribution in [2.45, 2.75) is 13.3 Å². The molecule has 0 unspecified atom stereocenters. The highest BCUT2D eigenvalue weighted by Gasteiger charge is 2.28. The van der Waals surface area contributed by atoms with Crippen LogP contribution in [0.2, 0.25) is 0 Å². The van der Waals surface area contributed by atoms with E-state index in [1.807, 2.05) is 42.9 Å².